The summed E-state index contributed by atoms with van der Waals surface area (Å²) in [5, 5.41) is 2.34. The van der Waals surface area contributed by atoms with Crippen LogP contribution in [0.5, 0.6) is 0 Å². The number of pyridine rings is 2. The van der Waals surface area contributed by atoms with Crippen LogP contribution >= 0.6 is 0 Å². The van der Waals surface area contributed by atoms with Crippen molar-refractivity contribution in [3.8, 4) is 0 Å². The Kier molecular flexibility index (Phi) is 6.25. The number of hydrogen-bond donors (Lipinski definition) is 1. The van der Waals surface area contributed by atoms with E-state index in [4.69, 9.17) is 0 Å². The lowest BCUT2D eigenvalue weighted by atomic mass is 10.1. The molecule has 2 aromatic heterocycles. The van der Waals surface area contributed by atoms with Crippen molar-refractivity contribution >= 4 is 32.5 Å². The number of hydrogen-bond acceptors (Lipinski definition) is 5. The molecule has 1 N–H and O–H groups in total. The number of nitrogens with zero attached hydrogens (tertiary/aromatic N) is 2. The van der Waals surface area contributed by atoms with Gasteiger partial charge in [-0.3, -0.25) is 9.59 Å². The number of amides is 1. The van der Waals surface area contributed by atoms with Crippen molar-refractivity contribution < 1.29 is 22.0 Å². The standard InChI is InChI=1S/C25H21F2N3O4S/c1-14-4-7-18(10-15(14)2)35(33,34)22-12-30(25-19(24(22)32)8-5-16(3)28-25)13-23(31)29-21-9-6-17(26)11-20(21)27/h4-12H,13H2,1-3H3,(H,29,31). The van der Waals surface area contributed by atoms with E-state index in [0.717, 1.165) is 29.5 Å². The summed E-state index contributed by atoms with van der Waals surface area (Å²) in [6.07, 6.45) is 1.07. The number of nitrogens with one attached hydrogen (secondary N) is 1. The predicted molar refractivity (Wildman–Crippen MR) is 127 cm³/mol. The highest BCUT2D eigenvalue weighted by Gasteiger charge is 2.25. The van der Waals surface area contributed by atoms with E-state index in [1.807, 2.05) is 6.92 Å². The number of fused-ring (bicyclic) bond motifs is 1. The van der Waals surface area contributed by atoms with Crippen LogP contribution in [0.15, 0.2) is 69.3 Å². The molecule has 0 bridgehead atoms. The molecule has 2 aromatic carbocycles. The molecule has 180 valence electrons. The Morgan fingerprint density at radius 2 is 1.74 bits per heavy atom. The summed E-state index contributed by atoms with van der Waals surface area (Å²) in [4.78, 5) is 29.6. The molecule has 1 amide bonds. The van der Waals surface area contributed by atoms with E-state index in [2.05, 4.69) is 10.3 Å². The van der Waals surface area contributed by atoms with E-state index in [0.29, 0.717) is 11.8 Å². The lowest BCUT2D eigenvalue weighted by Crippen LogP contribution is -2.24. The average molecular weight is 498 g/mol. The Hall–Kier alpha value is -3.92. The molecule has 0 aliphatic carbocycles. The summed E-state index contributed by atoms with van der Waals surface area (Å²) < 4.78 is 55.2. The van der Waals surface area contributed by atoms with Crippen LogP contribution in [0.4, 0.5) is 14.5 Å². The zero-order valence-corrected chi connectivity index (χ0v) is 19.9. The third-order valence-corrected chi connectivity index (χ3v) is 7.37. The van der Waals surface area contributed by atoms with Gasteiger partial charge in [-0.15, -0.1) is 0 Å². The third kappa shape index (κ3) is 4.69. The zero-order chi connectivity index (χ0) is 25.5. The third-order valence-electron chi connectivity index (χ3n) is 5.63. The maximum absolute atomic E-state index is 14.0. The Morgan fingerprint density at radius 1 is 1.00 bits per heavy atom. The molecule has 0 saturated carbocycles. The molecule has 2 heterocycles. The second kappa shape index (κ2) is 9.03. The van der Waals surface area contributed by atoms with Crippen LogP contribution < -0.4 is 10.7 Å². The van der Waals surface area contributed by atoms with E-state index in [1.54, 1.807) is 26.0 Å². The van der Waals surface area contributed by atoms with Gasteiger partial charge in [0.25, 0.3) is 0 Å². The summed E-state index contributed by atoms with van der Waals surface area (Å²) in [7, 11) is -4.23. The Bertz CT molecular complexity index is 1660. The van der Waals surface area contributed by atoms with Crippen molar-refractivity contribution in [2.24, 2.45) is 0 Å². The van der Waals surface area contributed by atoms with Crippen molar-refractivity contribution in [3.05, 3.63) is 93.4 Å². The van der Waals surface area contributed by atoms with Crippen molar-refractivity contribution in [2.75, 3.05) is 5.32 Å². The van der Waals surface area contributed by atoms with Crippen LogP contribution in [0.2, 0.25) is 0 Å². The van der Waals surface area contributed by atoms with E-state index in [-0.39, 0.29) is 21.6 Å². The number of sulfone groups is 1. The molecule has 7 nitrogen and oxygen atoms in total. The first-order valence-electron chi connectivity index (χ1n) is 10.6. The monoisotopic (exact) mass is 497 g/mol. The number of aryl methyl sites for hydroxylation is 3. The van der Waals surface area contributed by atoms with Crippen LogP contribution in [0.1, 0.15) is 16.8 Å². The summed E-state index contributed by atoms with van der Waals surface area (Å²) in [5.74, 6) is -2.49. The number of rotatable bonds is 5. The predicted octanol–water partition coefficient (Wildman–Crippen LogP) is 4.07. The fourth-order valence-electron chi connectivity index (χ4n) is 3.59. The Labute approximate surface area is 200 Å². The smallest absolute Gasteiger partial charge is 0.244 e. The maximum Gasteiger partial charge on any atom is 0.244 e. The van der Waals surface area contributed by atoms with Crippen molar-refractivity contribution in [3.63, 3.8) is 0 Å². The lowest BCUT2D eigenvalue weighted by molar-refractivity contribution is -0.116. The minimum Gasteiger partial charge on any atom is -0.322 e. The molecular formula is C25H21F2N3O4S. The number of aromatic nitrogens is 2. The summed E-state index contributed by atoms with van der Waals surface area (Å²) in [5.41, 5.74) is 1.29. The number of carbonyl (C=O) groups excluding carboxylic acids is 1. The van der Waals surface area contributed by atoms with Crippen molar-refractivity contribution in [2.45, 2.75) is 37.1 Å². The minimum absolute atomic E-state index is 0.0151. The Balaban J connectivity index is 1.83. The molecule has 35 heavy (non-hydrogen) atoms. The molecule has 4 rings (SSSR count). The summed E-state index contributed by atoms with van der Waals surface area (Å²) >= 11 is 0. The van der Waals surface area contributed by atoms with Crippen molar-refractivity contribution in [1.82, 2.24) is 9.55 Å². The van der Waals surface area contributed by atoms with Crippen LogP contribution in [0.25, 0.3) is 11.0 Å². The van der Waals surface area contributed by atoms with Gasteiger partial charge in [0.1, 0.15) is 28.7 Å². The highest BCUT2D eigenvalue weighted by atomic mass is 32.2. The molecule has 0 radical (unpaired) electrons. The van der Waals surface area contributed by atoms with Gasteiger partial charge in [0.05, 0.1) is 16.0 Å². The van der Waals surface area contributed by atoms with Gasteiger partial charge in [-0.25, -0.2) is 22.2 Å². The maximum atomic E-state index is 14.0. The number of halogens is 2. The highest BCUT2D eigenvalue weighted by Crippen LogP contribution is 2.23. The average Bonchev–Trinajstić information content (AvgIpc) is 2.79. The summed E-state index contributed by atoms with van der Waals surface area (Å²) in [6, 6.07) is 10.3. The molecule has 10 heteroatoms. The zero-order valence-electron chi connectivity index (χ0n) is 19.1. The SMILES string of the molecule is Cc1ccc2c(=O)c(S(=O)(=O)c3ccc(C)c(C)c3)cn(CC(=O)Nc3ccc(F)cc3F)c2n1. The van der Waals surface area contributed by atoms with Crippen LogP contribution in [-0.2, 0) is 21.2 Å². The molecule has 0 spiro atoms. The van der Waals surface area contributed by atoms with E-state index in [9.17, 15) is 26.8 Å². The second-order valence-corrected chi connectivity index (χ2v) is 10.1. The number of benzene rings is 2. The van der Waals surface area contributed by atoms with E-state index >= 15 is 0 Å². The molecule has 0 aliphatic rings. The van der Waals surface area contributed by atoms with Gasteiger partial charge in [-0.1, -0.05) is 6.07 Å². The largest absolute Gasteiger partial charge is 0.322 e. The first kappa shape index (κ1) is 24.2. The van der Waals surface area contributed by atoms with Gasteiger partial charge in [-0.2, -0.15) is 0 Å². The van der Waals surface area contributed by atoms with Gasteiger partial charge in [0, 0.05) is 18.0 Å². The fraction of sp³-hybridized carbons (Fsp3) is 0.160. The second-order valence-electron chi connectivity index (χ2n) is 8.20. The minimum atomic E-state index is -4.23. The van der Waals surface area contributed by atoms with Gasteiger partial charge in [-0.05, 0) is 68.3 Å². The molecule has 0 saturated heterocycles. The topological polar surface area (TPSA) is 98.1 Å². The molecule has 0 aliphatic heterocycles. The molecular weight excluding hydrogens is 476 g/mol. The van der Waals surface area contributed by atoms with Gasteiger partial charge in [0.15, 0.2) is 0 Å². The van der Waals surface area contributed by atoms with E-state index < -0.39 is 44.2 Å². The van der Waals surface area contributed by atoms with Gasteiger partial charge < -0.3 is 9.88 Å². The Morgan fingerprint density at radius 3 is 2.43 bits per heavy atom. The van der Waals surface area contributed by atoms with Gasteiger partial charge in [0.2, 0.25) is 21.2 Å². The number of carbonyl (C=O) groups is 1. The first-order valence-corrected chi connectivity index (χ1v) is 12.0. The molecule has 0 atom stereocenters. The van der Waals surface area contributed by atoms with Crippen molar-refractivity contribution in [1.29, 1.82) is 0 Å². The number of anilines is 1. The van der Waals surface area contributed by atoms with Crippen LogP contribution in [-0.4, -0.2) is 23.9 Å². The van der Waals surface area contributed by atoms with Crippen LogP contribution in [0, 0.1) is 32.4 Å². The fourth-order valence-corrected chi connectivity index (χ4v) is 5.04. The molecule has 4 aromatic rings. The van der Waals surface area contributed by atoms with E-state index in [1.165, 1.54) is 22.8 Å². The summed E-state index contributed by atoms with van der Waals surface area (Å²) in [6.45, 7) is 4.81. The normalized spacial score (nSPS) is 11.6. The lowest BCUT2D eigenvalue weighted by Gasteiger charge is -2.14. The molecule has 0 unspecified atom stereocenters. The highest BCUT2D eigenvalue weighted by molar-refractivity contribution is 7.91. The quantitative estimate of drug-likeness (QED) is 0.448. The van der Waals surface area contributed by atoms with Crippen LogP contribution in [0.3, 0.4) is 0 Å². The first-order chi connectivity index (χ1) is 16.5. The molecule has 0 fully saturated rings. The van der Waals surface area contributed by atoms with Gasteiger partial charge >= 0.3 is 0 Å².